The maximum absolute atomic E-state index is 14.3. The Labute approximate surface area is 225 Å². The number of ether oxygens (including phenoxy) is 4. The zero-order valence-corrected chi connectivity index (χ0v) is 21.3. The highest BCUT2D eigenvalue weighted by molar-refractivity contribution is 6.04. The molecule has 0 aromatic heterocycles. The van der Waals surface area contributed by atoms with E-state index in [0.29, 0.717) is 34.2 Å². The second-order valence-corrected chi connectivity index (χ2v) is 9.91. The normalized spacial score (nSPS) is 18.7. The van der Waals surface area contributed by atoms with Crippen molar-refractivity contribution in [3.8, 4) is 23.0 Å². The van der Waals surface area contributed by atoms with Crippen molar-refractivity contribution in [2.75, 3.05) is 18.3 Å². The minimum atomic E-state index is -1.10. The van der Waals surface area contributed by atoms with Crippen LogP contribution in [0, 0.1) is 5.82 Å². The number of nitrogens with zero attached hydrogens (tertiary/aromatic N) is 1. The summed E-state index contributed by atoms with van der Waals surface area (Å²) in [6, 6.07) is 16.7. The summed E-state index contributed by atoms with van der Waals surface area (Å²) in [7, 11) is 0. The second kappa shape index (κ2) is 10.8. The minimum absolute atomic E-state index is 0.00375. The lowest BCUT2D eigenvalue weighted by atomic mass is 9.94. The first-order valence-electron chi connectivity index (χ1n) is 13.2. The number of nitrogens with one attached hydrogen (secondary N) is 1. The highest BCUT2D eigenvalue weighted by Gasteiger charge is 2.40. The molecule has 2 atom stereocenters. The van der Waals surface area contributed by atoms with Crippen molar-refractivity contribution < 1.29 is 32.9 Å². The van der Waals surface area contributed by atoms with E-state index in [1.807, 2.05) is 6.07 Å². The number of amides is 2. The Kier molecular flexibility index (Phi) is 6.96. The molecule has 2 aliphatic heterocycles. The summed E-state index contributed by atoms with van der Waals surface area (Å²) in [5.74, 6) is 0.725. The van der Waals surface area contributed by atoms with Crippen LogP contribution in [-0.2, 0) is 9.59 Å². The van der Waals surface area contributed by atoms with Gasteiger partial charge in [0, 0.05) is 17.8 Å². The van der Waals surface area contributed by atoms with Gasteiger partial charge in [-0.05, 0) is 54.8 Å². The first kappa shape index (κ1) is 25.0. The fourth-order valence-electron chi connectivity index (χ4n) is 5.32. The van der Waals surface area contributed by atoms with Crippen LogP contribution in [-0.4, -0.2) is 37.4 Å². The van der Waals surface area contributed by atoms with E-state index in [9.17, 15) is 14.0 Å². The summed E-state index contributed by atoms with van der Waals surface area (Å²) in [4.78, 5) is 29.7. The van der Waals surface area contributed by atoms with Gasteiger partial charge in [-0.2, -0.15) is 0 Å². The van der Waals surface area contributed by atoms with E-state index >= 15 is 0 Å². The summed E-state index contributed by atoms with van der Waals surface area (Å²) >= 11 is 0. The Hall–Kier alpha value is -4.27. The van der Waals surface area contributed by atoms with Crippen LogP contribution in [0.5, 0.6) is 23.0 Å². The Balaban J connectivity index is 1.41. The number of rotatable bonds is 6. The van der Waals surface area contributed by atoms with E-state index in [-0.39, 0.29) is 25.3 Å². The van der Waals surface area contributed by atoms with Gasteiger partial charge in [0.15, 0.2) is 23.0 Å². The standard InChI is InChI=1S/C30H29FN2O6/c31-20-12-10-19(11-13-20)28(29(34)32-21-6-2-1-3-7-21)33(22-14-15-24-26(16-22)38-18-37-24)30(35)27-17-36-23-8-4-5-9-25(23)39-27/h4-5,8-16,21,27-28H,1-3,6-7,17-18H2,(H,32,34)/t27-,28-/m1/s1. The topological polar surface area (TPSA) is 86.3 Å². The van der Waals surface area contributed by atoms with Gasteiger partial charge in [0.2, 0.25) is 18.8 Å². The number of halogens is 1. The molecular weight excluding hydrogens is 503 g/mol. The third-order valence-corrected chi connectivity index (χ3v) is 7.30. The molecule has 9 heteroatoms. The van der Waals surface area contributed by atoms with E-state index < -0.39 is 23.9 Å². The molecule has 2 heterocycles. The van der Waals surface area contributed by atoms with Crippen LogP contribution in [0.1, 0.15) is 43.7 Å². The molecule has 2 amide bonds. The molecule has 1 aliphatic carbocycles. The average Bonchev–Trinajstić information content (AvgIpc) is 3.44. The summed E-state index contributed by atoms with van der Waals surface area (Å²) in [5, 5.41) is 3.15. The Bertz CT molecular complexity index is 1360. The maximum atomic E-state index is 14.3. The van der Waals surface area contributed by atoms with Crippen LogP contribution in [0.4, 0.5) is 10.1 Å². The Morgan fingerprint density at radius 3 is 2.36 bits per heavy atom. The van der Waals surface area contributed by atoms with Crippen molar-refractivity contribution in [2.24, 2.45) is 0 Å². The van der Waals surface area contributed by atoms with E-state index in [1.54, 1.807) is 36.4 Å². The van der Waals surface area contributed by atoms with Crippen molar-refractivity contribution in [3.05, 3.63) is 78.1 Å². The van der Waals surface area contributed by atoms with Crippen LogP contribution >= 0.6 is 0 Å². The summed E-state index contributed by atoms with van der Waals surface area (Å²) < 4.78 is 36.9. The highest BCUT2D eigenvalue weighted by atomic mass is 19.1. The molecule has 1 N–H and O–H groups in total. The first-order valence-corrected chi connectivity index (χ1v) is 13.2. The summed E-state index contributed by atoms with van der Waals surface area (Å²) in [6.07, 6.45) is 3.92. The van der Waals surface area contributed by atoms with E-state index in [1.165, 1.54) is 29.2 Å². The summed E-state index contributed by atoms with van der Waals surface area (Å²) in [5.41, 5.74) is 0.882. The van der Waals surface area contributed by atoms with Gasteiger partial charge in [-0.3, -0.25) is 14.5 Å². The van der Waals surface area contributed by atoms with Gasteiger partial charge in [-0.1, -0.05) is 43.5 Å². The number of benzene rings is 3. The second-order valence-electron chi connectivity index (χ2n) is 9.91. The third-order valence-electron chi connectivity index (χ3n) is 7.30. The van der Waals surface area contributed by atoms with Gasteiger partial charge in [0.25, 0.3) is 5.91 Å². The monoisotopic (exact) mass is 532 g/mol. The zero-order chi connectivity index (χ0) is 26.8. The number of hydrogen-bond donors (Lipinski definition) is 1. The molecule has 3 aromatic carbocycles. The highest BCUT2D eigenvalue weighted by Crippen LogP contribution is 2.39. The molecule has 1 saturated carbocycles. The van der Waals surface area contributed by atoms with Crippen LogP contribution in [0.3, 0.4) is 0 Å². The smallest absolute Gasteiger partial charge is 0.272 e. The van der Waals surface area contributed by atoms with Crippen LogP contribution < -0.4 is 29.2 Å². The van der Waals surface area contributed by atoms with E-state index in [4.69, 9.17) is 18.9 Å². The summed E-state index contributed by atoms with van der Waals surface area (Å²) in [6.45, 7) is 0.0317. The van der Waals surface area contributed by atoms with Crippen molar-refractivity contribution in [3.63, 3.8) is 0 Å². The maximum Gasteiger partial charge on any atom is 0.272 e. The third kappa shape index (κ3) is 5.21. The van der Waals surface area contributed by atoms with Gasteiger partial charge in [0.05, 0.1) is 0 Å². The molecule has 39 heavy (non-hydrogen) atoms. The average molecular weight is 533 g/mol. The minimum Gasteiger partial charge on any atom is -0.485 e. The van der Waals surface area contributed by atoms with Crippen LogP contribution in [0.25, 0.3) is 0 Å². The van der Waals surface area contributed by atoms with Crippen molar-refractivity contribution in [1.29, 1.82) is 0 Å². The molecule has 3 aliphatic rings. The number of carbonyl (C=O) groups is 2. The molecule has 0 radical (unpaired) electrons. The van der Waals surface area contributed by atoms with E-state index in [0.717, 1.165) is 32.1 Å². The van der Waals surface area contributed by atoms with Crippen molar-refractivity contribution >= 4 is 17.5 Å². The number of anilines is 1. The van der Waals surface area contributed by atoms with Crippen molar-refractivity contribution in [2.45, 2.75) is 50.3 Å². The quantitative estimate of drug-likeness (QED) is 0.485. The predicted octanol–water partition coefficient (Wildman–Crippen LogP) is 4.92. The molecule has 0 bridgehead atoms. The lowest BCUT2D eigenvalue weighted by molar-refractivity contribution is -0.132. The molecule has 1 fully saturated rings. The Morgan fingerprint density at radius 2 is 1.56 bits per heavy atom. The fraction of sp³-hybridized carbons (Fsp3) is 0.333. The predicted molar refractivity (Wildman–Crippen MR) is 141 cm³/mol. The number of hydrogen-bond acceptors (Lipinski definition) is 6. The largest absolute Gasteiger partial charge is 0.485 e. The van der Waals surface area contributed by atoms with Gasteiger partial charge < -0.3 is 24.3 Å². The molecular formula is C30H29FN2O6. The molecule has 0 saturated heterocycles. The van der Waals surface area contributed by atoms with Gasteiger partial charge >= 0.3 is 0 Å². The van der Waals surface area contributed by atoms with Crippen LogP contribution in [0.2, 0.25) is 0 Å². The SMILES string of the molecule is O=C(NC1CCCCC1)[C@@H](c1ccc(F)cc1)N(C(=O)[C@H]1COc2ccccc2O1)c1ccc2c(c1)OCO2. The number of para-hydroxylation sites is 2. The molecule has 6 rings (SSSR count). The lowest BCUT2D eigenvalue weighted by Gasteiger charge is -2.36. The Morgan fingerprint density at radius 1 is 0.846 bits per heavy atom. The van der Waals surface area contributed by atoms with Gasteiger partial charge in [0.1, 0.15) is 18.5 Å². The first-order chi connectivity index (χ1) is 19.1. The number of fused-ring (bicyclic) bond motifs is 2. The molecule has 0 spiro atoms. The van der Waals surface area contributed by atoms with Crippen molar-refractivity contribution in [1.82, 2.24) is 5.32 Å². The molecule has 0 unspecified atom stereocenters. The molecule has 8 nitrogen and oxygen atoms in total. The lowest BCUT2D eigenvalue weighted by Crippen LogP contribution is -2.52. The molecule has 3 aromatic rings. The van der Waals surface area contributed by atoms with E-state index in [2.05, 4.69) is 5.32 Å². The fourth-order valence-corrected chi connectivity index (χ4v) is 5.32. The van der Waals surface area contributed by atoms with Crippen LogP contribution in [0.15, 0.2) is 66.7 Å². The zero-order valence-electron chi connectivity index (χ0n) is 21.3. The number of carbonyl (C=O) groups excluding carboxylic acids is 2. The van der Waals surface area contributed by atoms with Gasteiger partial charge in [-0.25, -0.2) is 4.39 Å². The molecule has 202 valence electrons. The van der Waals surface area contributed by atoms with Gasteiger partial charge in [-0.15, -0.1) is 0 Å².